The minimum atomic E-state index is -0.352. The lowest BCUT2D eigenvalue weighted by Crippen LogP contribution is -2.27. The lowest BCUT2D eigenvalue weighted by atomic mass is 10.2. The van der Waals surface area contributed by atoms with E-state index in [0.29, 0.717) is 10.5 Å². The number of nitrogens with zero attached hydrogens (tertiary/aromatic N) is 3. The van der Waals surface area contributed by atoms with Crippen molar-refractivity contribution in [2.45, 2.75) is 20.4 Å². The molecular formula is C25H24FN3O2S. The van der Waals surface area contributed by atoms with Crippen LogP contribution in [-0.2, 0) is 11.3 Å². The fraction of sp³-hybridized carbons (Fsp3) is 0.200. The SMILES string of the molecule is Cc1cc(/C=C2\SC(=O)N(Cc3ccc(F)cc3)C2=O)c(C)n1-c1ccc(N(C)C)cc1. The lowest BCUT2D eigenvalue weighted by Gasteiger charge is -2.15. The molecule has 0 bridgehead atoms. The van der Waals surface area contributed by atoms with Crippen molar-refractivity contribution in [2.75, 3.05) is 19.0 Å². The molecule has 0 saturated carbocycles. The Balaban J connectivity index is 1.60. The van der Waals surface area contributed by atoms with Gasteiger partial charge in [0.05, 0.1) is 11.4 Å². The van der Waals surface area contributed by atoms with E-state index in [4.69, 9.17) is 0 Å². The number of aromatic nitrogens is 1. The number of amides is 2. The molecule has 1 aliphatic heterocycles. The number of thioether (sulfide) groups is 1. The normalized spacial score (nSPS) is 15.2. The van der Waals surface area contributed by atoms with Crippen molar-refractivity contribution >= 4 is 34.7 Å². The topological polar surface area (TPSA) is 45.6 Å². The highest BCUT2D eigenvalue weighted by Gasteiger charge is 2.35. The van der Waals surface area contributed by atoms with Crippen molar-refractivity contribution in [2.24, 2.45) is 0 Å². The fourth-order valence-electron chi connectivity index (χ4n) is 3.78. The molecule has 2 aromatic carbocycles. The maximum absolute atomic E-state index is 13.1. The molecule has 4 rings (SSSR count). The van der Waals surface area contributed by atoms with E-state index in [9.17, 15) is 14.0 Å². The largest absolute Gasteiger partial charge is 0.378 e. The summed E-state index contributed by atoms with van der Waals surface area (Å²) in [6.45, 7) is 4.14. The molecular weight excluding hydrogens is 425 g/mol. The molecule has 2 heterocycles. The van der Waals surface area contributed by atoms with E-state index in [-0.39, 0.29) is 23.5 Å². The second kappa shape index (κ2) is 8.67. The van der Waals surface area contributed by atoms with Crippen molar-refractivity contribution in [3.05, 3.63) is 87.8 Å². The molecule has 0 aliphatic carbocycles. The number of benzene rings is 2. The molecule has 1 aromatic heterocycles. The number of anilines is 1. The maximum Gasteiger partial charge on any atom is 0.293 e. The van der Waals surface area contributed by atoms with Crippen molar-refractivity contribution in [1.29, 1.82) is 0 Å². The summed E-state index contributed by atoms with van der Waals surface area (Å²) in [6.07, 6.45) is 1.78. The molecule has 5 nitrogen and oxygen atoms in total. The van der Waals surface area contributed by atoms with E-state index >= 15 is 0 Å². The molecule has 1 fully saturated rings. The van der Waals surface area contributed by atoms with Gasteiger partial charge in [0.1, 0.15) is 5.82 Å². The third-order valence-electron chi connectivity index (χ3n) is 5.51. The molecule has 0 spiro atoms. The van der Waals surface area contributed by atoms with Crippen LogP contribution in [0.25, 0.3) is 11.8 Å². The first-order valence-electron chi connectivity index (χ1n) is 10.2. The van der Waals surface area contributed by atoms with Crippen LogP contribution in [0.15, 0.2) is 59.5 Å². The van der Waals surface area contributed by atoms with Gasteiger partial charge in [-0.3, -0.25) is 14.5 Å². The van der Waals surface area contributed by atoms with Gasteiger partial charge in [0, 0.05) is 36.9 Å². The van der Waals surface area contributed by atoms with Crippen molar-refractivity contribution in [3.8, 4) is 5.69 Å². The third kappa shape index (κ3) is 4.21. The van der Waals surface area contributed by atoms with Crippen LogP contribution in [0.1, 0.15) is 22.5 Å². The number of halogens is 1. The van der Waals surface area contributed by atoms with Gasteiger partial charge in [0.2, 0.25) is 0 Å². The predicted octanol–water partition coefficient (Wildman–Crippen LogP) is 5.54. The Labute approximate surface area is 191 Å². The van der Waals surface area contributed by atoms with Crippen LogP contribution in [0.3, 0.4) is 0 Å². The van der Waals surface area contributed by atoms with E-state index < -0.39 is 0 Å². The van der Waals surface area contributed by atoms with Crippen molar-refractivity contribution in [3.63, 3.8) is 0 Å². The fourth-order valence-corrected chi connectivity index (χ4v) is 4.61. The lowest BCUT2D eigenvalue weighted by molar-refractivity contribution is -0.123. The van der Waals surface area contributed by atoms with Crippen LogP contribution in [0.5, 0.6) is 0 Å². The molecule has 32 heavy (non-hydrogen) atoms. The number of hydrogen-bond donors (Lipinski definition) is 0. The van der Waals surface area contributed by atoms with Gasteiger partial charge < -0.3 is 9.47 Å². The quantitative estimate of drug-likeness (QED) is 0.480. The standard InChI is InChI=1S/C25H24FN3O2S/c1-16-13-19(17(2)29(16)22-11-9-21(10-12-22)27(3)4)14-23-24(30)28(25(31)32-23)15-18-5-7-20(26)8-6-18/h5-14H,15H2,1-4H3/b23-14-. The Hall–Kier alpha value is -3.32. The van der Waals surface area contributed by atoms with Gasteiger partial charge >= 0.3 is 0 Å². The number of imide groups is 1. The van der Waals surface area contributed by atoms with Gasteiger partial charge in [-0.1, -0.05) is 12.1 Å². The van der Waals surface area contributed by atoms with Gasteiger partial charge in [0.25, 0.3) is 11.1 Å². The monoisotopic (exact) mass is 449 g/mol. The summed E-state index contributed by atoms with van der Waals surface area (Å²) >= 11 is 0.934. The molecule has 164 valence electrons. The second-order valence-electron chi connectivity index (χ2n) is 7.97. The van der Waals surface area contributed by atoms with Crippen LogP contribution in [-0.4, -0.2) is 34.7 Å². The first kappa shape index (κ1) is 21.9. The van der Waals surface area contributed by atoms with Gasteiger partial charge in [-0.2, -0.15) is 0 Å². The number of carbonyl (C=O) groups excluding carboxylic acids is 2. The van der Waals surface area contributed by atoms with E-state index in [1.165, 1.54) is 17.0 Å². The summed E-state index contributed by atoms with van der Waals surface area (Å²) < 4.78 is 15.3. The summed E-state index contributed by atoms with van der Waals surface area (Å²) in [5, 5.41) is -0.321. The zero-order valence-electron chi connectivity index (χ0n) is 18.4. The molecule has 0 radical (unpaired) electrons. The number of rotatable bonds is 5. The molecule has 0 unspecified atom stereocenters. The van der Waals surface area contributed by atoms with E-state index in [0.717, 1.165) is 40.1 Å². The smallest absolute Gasteiger partial charge is 0.293 e. The highest BCUT2D eigenvalue weighted by molar-refractivity contribution is 8.18. The second-order valence-corrected chi connectivity index (χ2v) is 8.96. The first-order valence-corrected chi connectivity index (χ1v) is 11.0. The molecule has 3 aromatic rings. The summed E-state index contributed by atoms with van der Waals surface area (Å²) in [6, 6.07) is 16.1. The van der Waals surface area contributed by atoms with Crippen LogP contribution < -0.4 is 4.90 Å². The van der Waals surface area contributed by atoms with Crippen LogP contribution in [0.4, 0.5) is 14.9 Å². The molecule has 0 atom stereocenters. The van der Waals surface area contributed by atoms with E-state index in [2.05, 4.69) is 28.8 Å². The number of carbonyl (C=O) groups is 2. The number of hydrogen-bond acceptors (Lipinski definition) is 4. The Morgan fingerprint density at radius 2 is 1.66 bits per heavy atom. The van der Waals surface area contributed by atoms with Crippen LogP contribution >= 0.6 is 11.8 Å². The molecule has 1 saturated heterocycles. The Kier molecular flexibility index (Phi) is 5.93. The van der Waals surface area contributed by atoms with Gasteiger partial charge in [-0.05, 0) is 85.3 Å². The van der Waals surface area contributed by atoms with Crippen LogP contribution in [0.2, 0.25) is 0 Å². The van der Waals surface area contributed by atoms with E-state index in [1.54, 1.807) is 18.2 Å². The maximum atomic E-state index is 13.1. The minimum absolute atomic E-state index is 0.125. The summed E-state index contributed by atoms with van der Waals surface area (Å²) in [7, 11) is 4.00. The predicted molar refractivity (Wildman–Crippen MR) is 127 cm³/mol. The average Bonchev–Trinajstić information content (AvgIpc) is 3.19. The molecule has 1 aliphatic rings. The first-order chi connectivity index (χ1) is 15.2. The molecule has 0 N–H and O–H groups in total. The highest BCUT2D eigenvalue weighted by atomic mass is 32.2. The highest BCUT2D eigenvalue weighted by Crippen LogP contribution is 2.34. The summed E-state index contributed by atoms with van der Waals surface area (Å²) in [4.78, 5) is 29.0. The summed E-state index contributed by atoms with van der Waals surface area (Å²) in [5.41, 5.74) is 5.78. The minimum Gasteiger partial charge on any atom is -0.378 e. The molecule has 7 heteroatoms. The van der Waals surface area contributed by atoms with Crippen LogP contribution in [0, 0.1) is 19.7 Å². The molecule has 2 amide bonds. The average molecular weight is 450 g/mol. The van der Waals surface area contributed by atoms with Crippen molar-refractivity contribution < 1.29 is 14.0 Å². The Morgan fingerprint density at radius 1 is 1.00 bits per heavy atom. The third-order valence-corrected chi connectivity index (χ3v) is 6.42. The zero-order valence-corrected chi connectivity index (χ0v) is 19.2. The zero-order chi connectivity index (χ0) is 23.0. The Morgan fingerprint density at radius 3 is 2.28 bits per heavy atom. The summed E-state index contributed by atoms with van der Waals surface area (Å²) in [5.74, 6) is -0.682. The Bertz CT molecular complexity index is 1210. The van der Waals surface area contributed by atoms with Gasteiger partial charge in [-0.25, -0.2) is 4.39 Å². The number of aryl methyl sites for hydroxylation is 1. The van der Waals surface area contributed by atoms with Crippen molar-refractivity contribution in [1.82, 2.24) is 9.47 Å². The van der Waals surface area contributed by atoms with Gasteiger partial charge in [0.15, 0.2) is 0 Å². The van der Waals surface area contributed by atoms with Gasteiger partial charge in [-0.15, -0.1) is 0 Å². The van der Waals surface area contributed by atoms with E-state index in [1.807, 2.05) is 38.9 Å².